The number of hydrogen-bond acceptors (Lipinski definition) is 3. The van der Waals surface area contributed by atoms with Crippen molar-refractivity contribution in [3.63, 3.8) is 0 Å². The number of fused-ring (bicyclic) bond motifs is 1. The molecule has 1 aromatic heterocycles. The predicted octanol–water partition coefficient (Wildman–Crippen LogP) is 4.55. The topological polar surface area (TPSA) is 46.0 Å². The van der Waals surface area contributed by atoms with Gasteiger partial charge in [-0.15, -0.1) is 0 Å². The SMILES string of the molecule is CC(O)(c1ccccc1)c1cccc(-c2ccc3nccnc3c2)c1. The van der Waals surface area contributed by atoms with E-state index in [2.05, 4.69) is 9.97 Å². The lowest BCUT2D eigenvalue weighted by Gasteiger charge is -2.25. The number of nitrogens with zero attached hydrogens (tertiary/aromatic N) is 2. The summed E-state index contributed by atoms with van der Waals surface area (Å²) in [5.74, 6) is 0. The van der Waals surface area contributed by atoms with Crippen LogP contribution in [0.25, 0.3) is 22.2 Å². The molecule has 3 nitrogen and oxygen atoms in total. The van der Waals surface area contributed by atoms with E-state index in [1.54, 1.807) is 12.4 Å². The van der Waals surface area contributed by atoms with Gasteiger partial charge >= 0.3 is 0 Å². The average Bonchev–Trinajstić information content (AvgIpc) is 2.68. The van der Waals surface area contributed by atoms with Crippen LogP contribution in [0, 0.1) is 0 Å². The third-order valence-electron chi connectivity index (χ3n) is 4.56. The van der Waals surface area contributed by atoms with Gasteiger partial charge in [0, 0.05) is 12.4 Å². The number of benzene rings is 3. The van der Waals surface area contributed by atoms with Gasteiger partial charge in [0.05, 0.1) is 11.0 Å². The molecule has 0 bridgehead atoms. The second kappa shape index (κ2) is 6.11. The molecule has 0 radical (unpaired) electrons. The van der Waals surface area contributed by atoms with Crippen molar-refractivity contribution in [2.45, 2.75) is 12.5 Å². The van der Waals surface area contributed by atoms with Gasteiger partial charge < -0.3 is 5.11 Å². The van der Waals surface area contributed by atoms with Crippen LogP contribution in [0.3, 0.4) is 0 Å². The molecule has 0 spiro atoms. The molecule has 1 heterocycles. The van der Waals surface area contributed by atoms with Crippen LogP contribution in [0.1, 0.15) is 18.1 Å². The Morgan fingerprint density at radius 1 is 0.680 bits per heavy atom. The maximum absolute atomic E-state index is 11.1. The Morgan fingerprint density at radius 3 is 2.16 bits per heavy atom. The maximum Gasteiger partial charge on any atom is 0.112 e. The highest BCUT2D eigenvalue weighted by Gasteiger charge is 2.25. The van der Waals surface area contributed by atoms with Gasteiger partial charge in [-0.25, -0.2) is 0 Å². The van der Waals surface area contributed by atoms with E-state index >= 15 is 0 Å². The van der Waals surface area contributed by atoms with E-state index in [0.717, 1.165) is 33.3 Å². The molecule has 4 aromatic rings. The lowest BCUT2D eigenvalue weighted by atomic mass is 9.86. The van der Waals surface area contributed by atoms with Gasteiger partial charge in [0.1, 0.15) is 5.60 Å². The van der Waals surface area contributed by atoms with Crippen molar-refractivity contribution in [1.29, 1.82) is 0 Å². The Hall–Kier alpha value is -3.04. The smallest absolute Gasteiger partial charge is 0.112 e. The largest absolute Gasteiger partial charge is 0.381 e. The Morgan fingerprint density at radius 2 is 1.36 bits per heavy atom. The van der Waals surface area contributed by atoms with Crippen molar-refractivity contribution in [1.82, 2.24) is 9.97 Å². The predicted molar refractivity (Wildman–Crippen MR) is 100 cm³/mol. The first-order valence-electron chi connectivity index (χ1n) is 8.24. The minimum absolute atomic E-state index is 0.857. The summed E-state index contributed by atoms with van der Waals surface area (Å²) in [5.41, 5.74) is 4.51. The first kappa shape index (κ1) is 15.5. The highest BCUT2D eigenvalue weighted by Crippen LogP contribution is 2.32. The van der Waals surface area contributed by atoms with Crippen LogP contribution in [-0.2, 0) is 5.60 Å². The second-order valence-corrected chi connectivity index (χ2v) is 6.28. The van der Waals surface area contributed by atoms with Crippen molar-refractivity contribution >= 4 is 11.0 Å². The molecule has 0 aliphatic rings. The Bertz CT molecular complexity index is 1030. The standard InChI is InChI=1S/C22H18N2O/c1-22(25,18-7-3-2-4-8-18)19-9-5-6-16(14-19)17-10-11-20-21(15-17)24-13-12-23-20/h2-15,25H,1H3. The third-order valence-corrected chi connectivity index (χ3v) is 4.56. The number of aliphatic hydroxyl groups is 1. The molecule has 4 rings (SSSR count). The number of aromatic nitrogens is 2. The summed E-state index contributed by atoms with van der Waals surface area (Å²) >= 11 is 0. The van der Waals surface area contributed by atoms with E-state index in [4.69, 9.17) is 0 Å². The fourth-order valence-electron chi connectivity index (χ4n) is 3.07. The molecular weight excluding hydrogens is 308 g/mol. The highest BCUT2D eigenvalue weighted by molar-refractivity contribution is 5.81. The molecule has 122 valence electrons. The summed E-state index contributed by atoms with van der Waals surface area (Å²) in [4.78, 5) is 8.68. The molecule has 0 amide bonds. The van der Waals surface area contributed by atoms with Gasteiger partial charge in [0.2, 0.25) is 0 Å². The minimum atomic E-state index is -1.05. The monoisotopic (exact) mass is 326 g/mol. The average molecular weight is 326 g/mol. The molecule has 1 unspecified atom stereocenters. The van der Waals surface area contributed by atoms with Crippen LogP contribution in [0.2, 0.25) is 0 Å². The molecule has 0 saturated heterocycles. The highest BCUT2D eigenvalue weighted by atomic mass is 16.3. The van der Waals surface area contributed by atoms with Crippen LogP contribution < -0.4 is 0 Å². The van der Waals surface area contributed by atoms with Crippen molar-refractivity contribution in [2.24, 2.45) is 0 Å². The van der Waals surface area contributed by atoms with Crippen molar-refractivity contribution in [3.8, 4) is 11.1 Å². The van der Waals surface area contributed by atoms with Gasteiger partial charge in [-0.3, -0.25) is 9.97 Å². The first-order valence-corrected chi connectivity index (χ1v) is 8.24. The number of rotatable bonds is 3. The lowest BCUT2D eigenvalue weighted by Crippen LogP contribution is -2.22. The van der Waals surface area contributed by atoms with Gasteiger partial charge in [-0.05, 0) is 47.4 Å². The number of hydrogen-bond donors (Lipinski definition) is 1. The summed E-state index contributed by atoms with van der Waals surface area (Å²) in [7, 11) is 0. The zero-order valence-corrected chi connectivity index (χ0v) is 13.9. The summed E-state index contributed by atoms with van der Waals surface area (Å²) in [6.07, 6.45) is 3.39. The lowest BCUT2D eigenvalue weighted by molar-refractivity contribution is 0.102. The molecule has 0 saturated carbocycles. The van der Waals surface area contributed by atoms with E-state index in [9.17, 15) is 5.11 Å². The van der Waals surface area contributed by atoms with Crippen molar-refractivity contribution in [3.05, 3.63) is 96.3 Å². The van der Waals surface area contributed by atoms with Crippen molar-refractivity contribution in [2.75, 3.05) is 0 Å². The van der Waals surface area contributed by atoms with E-state index < -0.39 is 5.60 Å². The Labute approximate surface area is 146 Å². The summed E-state index contributed by atoms with van der Waals surface area (Å²) in [5, 5.41) is 11.1. The Kier molecular flexibility index (Phi) is 3.79. The van der Waals surface area contributed by atoms with Crippen LogP contribution in [0.4, 0.5) is 0 Å². The molecule has 0 fully saturated rings. The fraction of sp³-hybridized carbons (Fsp3) is 0.0909. The van der Waals surface area contributed by atoms with Crippen LogP contribution in [-0.4, -0.2) is 15.1 Å². The van der Waals surface area contributed by atoms with Gasteiger partial charge in [-0.1, -0.05) is 54.6 Å². The Balaban J connectivity index is 1.78. The van der Waals surface area contributed by atoms with E-state index in [0.29, 0.717) is 0 Å². The van der Waals surface area contributed by atoms with Crippen LogP contribution in [0.5, 0.6) is 0 Å². The van der Waals surface area contributed by atoms with E-state index in [-0.39, 0.29) is 0 Å². The van der Waals surface area contributed by atoms with Gasteiger partial charge in [0.15, 0.2) is 0 Å². The molecule has 25 heavy (non-hydrogen) atoms. The third kappa shape index (κ3) is 2.90. The minimum Gasteiger partial charge on any atom is -0.381 e. The molecule has 3 aromatic carbocycles. The van der Waals surface area contributed by atoms with Gasteiger partial charge in [-0.2, -0.15) is 0 Å². The quantitative estimate of drug-likeness (QED) is 0.600. The summed E-state index contributed by atoms with van der Waals surface area (Å²) < 4.78 is 0. The summed E-state index contributed by atoms with van der Waals surface area (Å²) in [6.45, 7) is 1.83. The van der Waals surface area contributed by atoms with Crippen LogP contribution in [0.15, 0.2) is 85.2 Å². The molecule has 0 aliphatic heterocycles. The van der Waals surface area contributed by atoms with Crippen molar-refractivity contribution < 1.29 is 5.11 Å². The van der Waals surface area contributed by atoms with Crippen LogP contribution >= 0.6 is 0 Å². The zero-order valence-electron chi connectivity index (χ0n) is 13.9. The van der Waals surface area contributed by atoms with Gasteiger partial charge in [0.25, 0.3) is 0 Å². The molecular formula is C22H18N2O. The zero-order chi connectivity index (χ0) is 17.3. The van der Waals surface area contributed by atoms with E-state index in [1.807, 2.05) is 79.7 Å². The molecule has 0 aliphatic carbocycles. The second-order valence-electron chi connectivity index (χ2n) is 6.28. The van der Waals surface area contributed by atoms with E-state index in [1.165, 1.54) is 0 Å². The fourth-order valence-corrected chi connectivity index (χ4v) is 3.07. The molecule has 1 atom stereocenters. The summed E-state index contributed by atoms with van der Waals surface area (Å²) in [6, 6.07) is 23.8. The first-order chi connectivity index (χ1) is 12.1. The molecule has 1 N–H and O–H groups in total. The molecule has 3 heteroatoms. The maximum atomic E-state index is 11.1. The normalized spacial score (nSPS) is 13.5.